The first-order valence-electron chi connectivity index (χ1n) is 7.84. The van der Waals surface area contributed by atoms with E-state index in [2.05, 4.69) is 11.1 Å². The molecule has 139 valence electrons. The standard InChI is InChI=1S/C11H20O2.C9H6NS.Ir/c1-10(2,3)8(12)7-9(13)11(4,5)6;1-2-6-10-8(4-1)9-5-3-7-11-9;/h7,12H,1-6H3;1-4,6-7H;/q;-1;/b8-7-;;. The predicted octanol–water partition coefficient (Wildman–Crippen LogP) is 5.70. The van der Waals surface area contributed by atoms with E-state index in [4.69, 9.17) is 0 Å². The molecule has 0 aromatic carbocycles. The van der Waals surface area contributed by atoms with E-state index in [0.717, 1.165) is 10.6 Å². The number of aliphatic hydroxyl groups excluding tert-OH is 1. The van der Waals surface area contributed by atoms with Gasteiger partial charge in [-0.25, -0.2) is 11.3 Å². The maximum atomic E-state index is 11.5. The molecule has 0 bridgehead atoms. The van der Waals surface area contributed by atoms with Crippen molar-refractivity contribution in [3.8, 4) is 10.6 Å². The molecule has 3 nitrogen and oxygen atoms in total. The number of ketones is 1. The van der Waals surface area contributed by atoms with Gasteiger partial charge >= 0.3 is 0 Å². The van der Waals surface area contributed by atoms with E-state index >= 15 is 0 Å². The van der Waals surface area contributed by atoms with Crippen LogP contribution in [0.25, 0.3) is 10.6 Å². The summed E-state index contributed by atoms with van der Waals surface area (Å²) in [4.78, 5) is 16.8. The summed E-state index contributed by atoms with van der Waals surface area (Å²) in [6.07, 6.45) is 3.13. The van der Waals surface area contributed by atoms with Crippen LogP contribution in [-0.2, 0) is 24.9 Å². The molecule has 2 aromatic rings. The van der Waals surface area contributed by atoms with Gasteiger partial charge in [-0.1, -0.05) is 58.6 Å². The Morgan fingerprint density at radius 2 is 1.80 bits per heavy atom. The Kier molecular flexibility index (Phi) is 9.49. The molecule has 0 unspecified atom stereocenters. The molecule has 0 spiro atoms. The van der Waals surface area contributed by atoms with Crippen LogP contribution in [0, 0.1) is 16.9 Å². The van der Waals surface area contributed by atoms with Crippen molar-refractivity contribution in [2.75, 3.05) is 0 Å². The molecule has 0 saturated heterocycles. The zero-order valence-electron chi connectivity index (χ0n) is 15.6. The number of aromatic nitrogens is 1. The SMILES string of the molecule is CC(C)(C)C(=O)/C=C(\O)C(C)(C)C.[Ir].[c-]1ccsc1-c1ccccn1. The van der Waals surface area contributed by atoms with Crippen LogP contribution in [0.15, 0.2) is 47.7 Å². The molecule has 0 aliphatic heterocycles. The van der Waals surface area contributed by atoms with Gasteiger partial charge in [-0.15, -0.1) is 5.38 Å². The third-order valence-electron chi connectivity index (χ3n) is 3.14. The predicted molar refractivity (Wildman–Crippen MR) is 101 cm³/mol. The van der Waals surface area contributed by atoms with Crippen LogP contribution in [0.4, 0.5) is 0 Å². The first-order chi connectivity index (χ1) is 11.0. The first kappa shape index (κ1) is 23.7. The van der Waals surface area contributed by atoms with Crippen LogP contribution < -0.4 is 0 Å². The third-order valence-corrected chi connectivity index (χ3v) is 3.98. The first-order valence-corrected chi connectivity index (χ1v) is 8.72. The smallest absolute Gasteiger partial charge is 0.164 e. The zero-order valence-corrected chi connectivity index (χ0v) is 18.8. The average Bonchev–Trinajstić information content (AvgIpc) is 3.01. The topological polar surface area (TPSA) is 50.2 Å². The summed E-state index contributed by atoms with van der Waals surface area (Å²) in [6.45, 7) is 11.1. The Morgan fingerprint density at radius 3 is 2.20 bits per heavy atom. The van der Waals surface area contributed by atoms with Crippen molar-refractivity contribution in [1.82, 2.24) is 4.98 Å². The summed E-state index contributed by atoms with van der Waals surface area (Å²) in [5.41, 5.74) is 0.239. The van der Waals surface area contributed by atoms with Crippen molar-refractivity contribution in [3.63, 3.8) is 0 Å². The summed E-state index contributed by atoms with van der Waals surface area (Å²) in [5, 5.41) is 11.6. The van der Waals surface area contributed by atoms with Crippen LogP contribution in [0.2, 0.25) is 0 Å². The van der Waals surface area contributed by atoms with Gasteiger partial charge in [-0.2, -0.15) is 12.1 Å². The van der Waals surface area contributed by atoms with Gasteiger partial charge in [-0.3, -0.25) is 4.79 Å². The van der Waals surface area contributed by atoms with Crippen LogP contribution in [0.3, 0.4) is 0 Å². The number of pyridine rings is 1. The van der Waals surface area contributed by atoms with Crippen molar-refractivity contribution >= 4 is 17.1 Å². The number of rotatable bonds is 2. The van der Waals surface area contributed by atoms with E-state index in [1.165, 1.54) is 6.08 Å². The monoisotopic (exact) mass is 537 g/mol. The zero-order chi connectivity index (χ0) is 18.4. The molecule has 0 aliphatic rings. The number of carbonyl (C=O) groups is 1. The Hall–Kier alpha value is -1.29. The maximum Gasteiger partial charge on any atom is 0.164 e. The number of aliphatic hydroxyl groups is 1. The van der Waals surface area contributed by atoms with E-state index in [0.29, 0.717) is 0 Å². The minimum absolute atomic E-state index is 0. The molecule has 0 amide bonds. The van der Waals surface area contributed by atoms with Crippen LogP contribution in [-0.4, -0.2) is 15.9 Å². The van der Waals surface area contributed by atoms with Crippen LogP contribution in [0.5, 0.6) is 0 Å². The molecule has 25 heavy (non-hydrogen) atoms. The van der Waals surface area contributed by atoms with E-state index < -0.39 is 5.41 Å². The molecule has 0 fully saturated rings. The van der Waals surface area contributed by atoms with Gasteiger partial charge < -0.3 is 10.1 Å². The van der Waals surface area contributed by atoms with Gasteiger partial charge in [0, 0.05) is 43.2 Å². The number of hydrogen-bond acceptors (Lipinski definition) is 4. The van der Waals surface area contributed by atoms with E-state index in [-0.39, 0.29) is 37.1 Å². The number of carbonyl (C=O) groups excluding carboxylic acids is 1. The second kappa shape index (κ2) is 10.0. The largest absolute Gasteiger partial charge is 0.512 e. The molecule has 1 radical (unpaired) electrons. The molecular formula is C20H26IrNO2S-. The molecule has 0 saturated carbocycles. The Morgan fingerprint density at radius 1 is 1.16 bits per heavy atom. The van der Waals surface area contributed by atoms with Crippen molar-refractivity contribution < 1.29 is 30.0 Å². The van der Waals surface area contributed by atoms with Crippen LogP contribution in [0.1, 0.15) is 41.5 Å². The normalized spacial score (nSPS) is 11.8. The van der Waals surface area contributed by atoms with E-state index in [9.17, 15) is 9.90 Å². The average molecular weight is 537 g/mol. The Bertz CT molecular complexity index is 666. The van der Waals surface area contributed by atoms with Gasteiger partial charge in [0.2, 0.25) is 0 Å². The molecule has 0 aliphatic carbocycles. The number of nitrogens with zero attached hydrogens (tertiary/aromatic N) is 1. The van der Waals surface area contributed by atoms with Crippen LogP contribution >= 0.6 is 11.3 Å². The molecule has 0 atom stereocenters. The van der Waals surface area contributed by atoms with E-state index in [1.54, 1.807) is 17.5 Å². The van der Waals surface area contributed by atoms with Crippen molar-refractivity contribution in [2.24, 2.45) is 10.8 Å². The summed E-state index contributed by atoms with van der Waals surface area (Å²) < 4.78 is 0. The fourth-order valence-electron chi connectivity index (χ4n) is 1.43. The fourth-order valence-corrected chi connectivity index (χ4v) is 2.08. The molecule has 5 heteroatoms. The second-order valence-corrected chi connectivity index (χ2v) is 8.42. The molecule has 1 N–H and O–H groups in total. The third kappa shape index (κ3) is 8.57. The Balaban J connectivity index is 0.000000446. The Labute approximate surface area is 168 Å². The van der Waals surface area contributed by atoms with Gasteiger partial charge in [-0.05, 0) is 11.8 Å². The maximum absolute atomic E-state index is 11.5. The van der Waals surface area contributed by atoms with Gasteiger partial charge in [0.1, 0.15) is 5.76 Å². The molecule has 2 rings (SSSR count). The fraction of sp³-hybridized carbons (Fsp3) is 0.400. The summed E-state index contributed by atoms with van der Waals surface area (Å²) >= 11 is 1.66. The van der Waals surface area contributed by atoms with Gasteiger partial charge in [0.15, 0.2) is 5.78 Å². The summed E-state index contributed by atoms with van der Waals surface area (Å²) in [6, 6.07) is 10.9. The summed E-state index contributed by atoms with van der Waals surface area (Å²) in [7, 11) is 0. The van der Waals surface area contributed by atoms with Crippen molar-refractivity contribution in [3.05, 3.63) is 53.7 Å². The second-order valence-electron chi connectivity index (χ2n) is 7.50. The van der Waals surface area contributed by atoms with E-state index in [1.807, 2.05) is 71.2 Å². The minimum atomic E-state index is -0.417. The van der Waals surface area contributed by atoms with Gasteiger partial charge in [0.25, 0.3) is 0 Å². The van der Waals surface area contributed by atoms with Gasteiger partial charge in [0.05, 0.1) is 0 Å². The quantitative estimate of drug-likeness (QED) is 0.305. The number of allylic oxidation sites excluding steroid dienone is 2. The number of hydrogen-bond donors (Lipinski definition) is 1. The molecular weight excluding hydrogens is 511 g/mol. The van der Waals surface area contributed by atoms with Crippen molar-refractivity contribution in [2.45, 2.75) is 41.5 Å². The molecule has 2 aromatic heterocycles. The van der Waals surface area contributed by atoms with Crippen molar-refractivity contribution in [1.29, 1.82) is 0 Å². The summed E-state index contributed by atoms with van der Waals surface area (Å²) in [5.74, 6) is 0.104. The number of thiophene rings is 1. The molecule has 2 heterocycles. The minimum Gasteiger partial charge on any atom is -0.512 e.